The van der Waals surface area contributed by atoms with Gasteiger partial charge < -0.3 is 14.9 Å². The Kier molecular flexibility index (Phi) is 4.07. The number of nitrogens with zero attached hydrogens (tertiary/aromatic N) is 2. The quantitative estimate of drug-likeness (QED) is 0.915. The van der Waals surface area contributed by atoms with Crippen molar-refractivity contribution in [1.29, 1.82) is 0 Å². The van der Waals surface area contributed by atoms with E-state index < -0.39 is 17.9 Å². The van der Waals surface area contributed by atoms with Gasteiger partial charge in [0.1, 0.15) is 6.04 Å². The lowest BCUT2D eigenvalue weighted by molar-refractivity contribution is -0.149. The minimum Gasteiger partial charge on any atom is -0.480 e. The van der Waals surface area contributed by atoms with Crippen LogP contribution in [0.3, 0.4) is 0 Å². The lowest BCUT2D eigenvalue weighted by atomic mass is 10.1. The van der Waals surface area contributed by atoms with E-state index in [0.717, 1.165) is 11.3 Å². The molecule has 6 nitrogen and oxygen atoms in total. The first-order chi connectivity index (χ1) is 11.0. The Morgan fingerprint density at radius 2 is 2.09 bits per heavy atom. The lowest BCUT2D eigenvalue weighted by Gasteiger charge is -2.24. The van der Waals surface area contributed by atoms with E-state index in [-0.39, 0.29) is 18.2 Å². The highest BCUT2D eigenvalue weighted by Gasteiger charge is 2.42. The second kappa shape index (κ2) is 6.02. The highest BCUT2D eigenvalue weighted by atomic mass is 16.4. The molecule has 2 saturated heterocycles. The Morgan fingerprint density at radius 3 is 2.78 bits per heavy atom. The first-order valence-corrected chi connectivity index (χ1v) is 7.87. The highest BCUT2D eigenvalue weighted by molar-refractivity contribution is 6.01. The fourth-order valence-corrected chi connectivity index (χ4v) is 3.44. The summed E-state index contributed by atoms with van der Waals surface area (Å²) in [6.07, 6.45) is 1.34. The average molecular weight is 316 g/mol. The molecule has 0 spiro atoms. The number of carbonyl (C=O) groups excluding carboxylic acids is 2. The monoisotopic (exact) mass is 316 g/mol. The number of carbonyl (C=O) groups is 3. The van der Waals surface area contributed by atoms with E-state index in [2.05, 4.69) is 0 Å². The normalized spacial score (nSPS) is 24.3. The van der Waals surface area contributed by atoms with Crippen LogP contribution in [0.5, 0.6) is 0 Å². The molecule has 2 aliphatic heterocycles. The molecule has 2 fully saturated rings. The summed E-state index contributed by atoms with van der Waals surface area (Å²) in [7, 11) is 0. The Bertz CT molecular complexity index is 658. The van der Waals surface area contributed by atoms with Crippen LogP contribution >= 0.6 is 0 Å². The van der Waals surface area contributed by atoms with Gasteiger partial charge in [0.25, 0.3) is 0 Å². The number of carboxylic acids is 1. The number of hydrogen-bond acceptors (Lipinski definition) is 3. The summed E-state index contributed by atoms with van der Waals surface area (Å²) < 4.78 is 0. The first-order valence-electron chi connectivity index (χ1n) is 7.87. The van der Waals surface area contributed by atoms with Gasteiger partial charge in [-0.15, -0.1) is 0 Å². The van der Waals surface area contributed by atoms with Crippen molar-refractivity contribution in [2.75, 3.05) is 18.0 Å². The maximum absolute atomic E-state index is 12.6. The van der Waals surface area contributed by atoms with Gasteiger partial charge >= 0.3 is 5.97 Å². The molecule has 0 aliphatic carbocycles. The highest BCUT2D eigenvalue weighted by Crippen LogP contribution is 2.29. The zero-order valence-electron chi connectivity index (χ0n) is 13.1. The predicted molar refractivity (Wildman–Crippen MR) is 84.0 cm³/mol. The number of aliphatic carboxylic acids is 1. The summed E-state index contributed by atoms with van der Waals surface area (Å²) in [6.45, 7) is 2.74. The molecular formula is C17H20N2O4. The predicted octanol–water partition coefficient (Wildman–Crippen LogP) is 1.42. The van der Waals surface area contributed by atoms with Gasteiger partial charge in [-0.25, -0.2) is 4.79 Å². The number of amides is 2. The molecule has 6 heteroatoms. The SMILES string of the molecule is Cc1cccc(N2CC(C(=O)N3CCCC3C(=O)O)CC2=O)c1. The third-order valence-electron chi connectivity index (χ3n) is 4.61. The minimum absolute atomic E-state index is 0.0833. The van der Waals surface area contributed by atoms with Crippen molar-refractivity contribution in [1.82, 2.24) is 4.90 Å². The van der Waals surface area contributed by atoms with Gasteiger partial charge in [-0.1, -0.05) is 12.1 Å². The molecule has 2 heterocycles. The van der Waals surface area contributed by atoms with Crippen molar-refractivity contribution in [3.8, 4) is 0 Å². The van der Waals surface area contributed by atoms with Crippen molar-refractivity contribution in [3.05, 3.63) is 29.8 Å². The van der Waals surface area contributed by atoms with E-state index in [1.165, 1.54) is 4.90 Å². The molecule has 2 unspecified atom stereocenters. The van der Waals surface area contributed by atoms with E-state index in [4.69, 9.17) is 0 Å². The summed E-state index contributed by atoms with van der Waals surface area (Å²) in [5, 5.41) is 9.22. The Balaban J connectivity index is 1.74. The number of benzene rings is 1. The summed E-state index contributed by atoms with van der Waals surface area (Å²) in [4.78, 5) is 39.2. The fraction of sp³-hybridized carbons (Fsp3) is 0.471. The van der Waals surface area contributed by atoms with Gasteiger partial charge in [0, 0.05) is 25.2 Å². The summed E-state index contributed by atoms with van der Waals surface area (Å²) in [5.41, 5.74) is 1.84. The number of anilines is 1. The third kappa shape index (κ3) is 2.93. The molecule has 2 aliphatic rings. The van der Waals surface area contributed by atoms with E-state index >= 15 is 0 Å². The standard InChI is InChI=1S/C17H20N2O4/c1-11-4-2-5-13(8-11)19-10-12(9-15(19)20)16(21)18-7-3-6-14(18)17(22)23/h2,4-5,8,12,14H,3,6-7,9-10H2,1H3,(H,22,23). The molecule has 1 aromatic carbocycles. The molecule has 1 N–H and O–H groups in total. The van der Waals surface area contributed by atoms with Crippen LogP contribution in [0.2, 0.25) is 0 Å². The Labute approximate surface area is 134 Å². The minimum atomic E-state index is -0.962. The van der Waals surface area contributed by atoms with Gasteiger partial charge in [-0.05, 0) is 37.5 Å². The topological polar surface area (TPSA) is 77.9 Å². The van der Waals surface area contributed by atoms with Crippen molar-refractivity contribution in [2.45, 2.75) is 32.2 Å². The number of aryl methyl sites for hydroxylation is 1. The van der Waals surface area contributed by atoms with Gasteiger partial charge in [-0.2, -0.15) is 0 Å². The second-order valence-electron chi connectivity index (χ2n) is 6.27. The molecule has 1 aromatic rings. The zero-order chi connectivity index (χ0) is 16.6. The largest absolute Gasteiger partial charge is 0.480 e. The summed E-state index contributed by atoms with van der Waals surface area (Å²) >= 11 is 0. The molecule has 2 amide bonds. The van der Waals surface area contributed by atoms with Gasteiger partial charge in [-0.3, -0.25) is 9.59 Å². The molecule has 2 atom stereocenters. The van der Waals surface area contributed by atoms with Gasteiger partial charge in [0.2, 0.25) is 11.8 Å². The van der Waals surface area contributed by atoms with E-state index in [0.29, 0.717) is 25.9 Å². The number of rotatable bonds is 3. The molecule has 0 bridgehead atoms. The van der Waals surface area contributed by atoms with Crippen molar-refractivity contribution >= 4 is 23.5 Å². The maximum Gasteiger partial charge on any atom is 0.326 e. The fourth-order valence-electron chi connectivity index (χ4n) is 3.44. The van der Waals surface area contributed by atoms with E-state index in [9.17, 15) is 19.5 Å². The van der Waals surface area contributed by atoms with Crippen molar-refractivity contribution < 1.29 is 19.5 Å². The molecule has 0 saturated carbocycles. The number of carboxylic acid groups (broad SMARTS) is 1. The summed E-state index contributed by atoms with van der Waals surface area (Å²) in [6, 6.07) is 6.86. The first kappa shape index (κ1) is 15.5. The smallest absolute Gasteiger partial charge is 0.326 e. The van der Waals surface area contributed by atoms with Crippen LogP contribution in [-0.4, -0.2) is 46.9 Å². The van der Waals surface area contributed by atoms with Crippen LogP contribution in [0.1, 0.15) is 24.8 Å². The molecule has 3 rings (SSSR count). The molecule has 0 aromatic heterocycles. The van der Waals surface area contributed by atoms with Crippen LogP contribution < -0.4 is 4.90 Å². The van der Waals surface area contributed by atoms with Crippen LogP contribution in [0.25, 0.3) is 0 Å². The Morgan fingerprint density at radius 1 is 1.30 bits per heavy atom. The van der Waals surface area contributed by atoms with Crippen LogP contribution in [-0.2, 0) is 14.4 Å². The van der Waals surface area contributed by atoms with Crippen LogP contribution in [0, 0.1) is 12.8 Å². The summed E-state index contributed by atoms with van der Waals surface area (Å²) in [5.74, 6) is -1.71. The van der Waals surface area contributed by atoms with Crippen LogP contribution in [0.4, 0.5) is 5.69 Å². The second-order valence-corrected chi connectivity index (χ2v) is 6.27. The molecular weight excluding hydrogens is 296 g/mol. The molecule has 0 radical (unpaired) electrons. The van der Waals surface area contributed by atoms with Gasteiger partial charge in [0.15, 0.2) is 0 Å². The number of likely N-dealkylation sites (tertiary alicyclic amines) is 1. The molecule has 23 heavy (non-hydrogen) atoms. The van der Waals surface area contributed by atoms with Crippen molar-refractivity contribution in [3.63, 3.8) is 0 Å². The van der Waals surface area contributed by atoms with E-state index in [1.807, 2.05) is 31.2 Å². The average Bonchev–Trinajstić information content (AvgIpc) is 3.13. The third-order valence-corrected chi connectivity index (χ3v) is 4.61. The van der Waals surface area contributed by atoms with E-state index in [1.54, 1.807) is 4.90 Å². The lowest BCUT2D eigenvalue weighted by Crippen LogP contribution is -2.44. The zero-order valence-corrected chi connectivity index (χ0v) is 13.1. The van der Waals surface area contributed by atoms with Crippen molar-refractivity contribution in [2.24, 2.45) is 5.92 Å². The maximum atomic E-state index is 12.6. The molecule has 122 valence electrons. The number of hydrogen-bond donors (Lipinski definition) is 1. The van der Waals surface area contributed by atoms with Gasteiger partial charge in [0.05, 0.1) is 5.92 Å². The van der Waals surface area contributed by atoms with Crippen LogP contribution in [0.15, 0.2) is 24.3 Å². The Hall–Kier alpha value is -2.37.